The maximum Gasteiger partial charge on any atom is 0.121 e. The van der Waals surface area contributed by atoms with Gasteiger partial charge in [0.25, 0.3) is 0 Å². The van der Waals surface area contributed by atoms with Crippen molar-refractivity contribution in [2.24, 2.45) is 5.92 Å². The third-order valence-electron chi connectivity index (χ3n) is 11.6. The van der Waals surface area contributed by atoms with Gasteiger partial charge in [-0.3, -0.25) is 4.57 Å². The highest BCUT2D eigenvalue weighted by molar-refractivity contribution is 5.93. The molecule has 0 radical (unpaired) electrons. The van der Waals surface area contributed by atoms with Gasteiger partial charge in [0.1, 0.15) is 5.82 Å². The molecule has 0 spiro atoms. The summed E-state index contributed by atoms with van der Waals surface area (Å²) in [7, 11) is 0. The van der Waals surface area contributed by atoms with Gasteiger partial charge in [-0.15, -0.1) is 0 Å². The van der Waals surface area contributed by atoms with E-state index in [1.54, 1.807) is 0 Å². The van der Waals surface area contributed by atoms with Crippen molar-refractivity contribution in [2.75, 3.05) is 0 Å². The van der Waals surface area contributed by atoms with Gasteiger partial charge in [0.2, 0.25) is 0 Å². The van der Waals surface area contributed by atoms with Crippen molar-refractivity contribution in [3.63, 3.8) is 0 Å². The summed E-state index contributed by atoms with van der Waals surface area (Å²) >= 11 is 0. The van der Waals surface area contributed by atoms with Gasteiger partial charge in [0.05, 0.1) is 11.0 Å². The molecule has 0 N–H and O–H groups in total. The summed E-state index contributed by atoms with van der Waals surface area (Å²) < 4.78 is 2.34. The summed E-state index contributed by atoms with van der Waals surface area (Å²) in [6.07, 6.45) is 17.0. The van der Waals surface area contributed by atoms with Crippen LogP contribution in [-0.2, 0) is 5.41 Å². The van der Waals surface area contributed by atoms with E-state index in [9.17, 15) is 0 Å². The molecular formula is C50H38N2. The summed E-state index contributed by atoms with van der Waals surface area (Å²) in [6, 6.07) is 53.4. The van der Waals surface area contributed by atoms with E-state index < -0.39 is 0 Å². The Balaban J connectivity index is 1.12. The van der Waals surface area contributed by atoms with Gasteiger partial charge in [-0.05, 0) is 92.1 Å². The Morgan fingerprint density at radius 2 is 1.44 bits per heavy atom. The Labute approximate surface area is 305 Å². The van der Waals surface area contributed by atoms with Crippen LogP contribution in [-0.4, -0.2) is 9.55 Å². The topological polar surface area (TPSA) is 17.8 Å². The van der Waals surface area contributed by atoms with Crippen molar-refractivity contribution < 1.29 is 0 Å². The van der Waals surface area contributed by atoms with E-state index in [4.69, 9.17) is 4.98 Å². The Kier molecular flexibility index (Phi) is 7.18. The number of imidazole rings is 1. The van der Waals surface area contributed by atoms with E-state index in [1.165, 1.54) is 55.3 Å². The number of hydrogen-bond acceptors (Lipinski definition) is 1. The lowest BCUT2D eigenvalue weighted by atomic mass is 9.57. The molecule has 2 heteroatoms. The Morgan fingerprint density at radius 3 is 2.29 bits per heavy atom. The van der Waals surface area contributed by atoms with Crippen LogP contribution in [0.2, 0.25) is 0 Å². The minimum absolute atomic E-state index is 0.152. The zero-order chi connectivity index (χ0) is 34.6. The molecule has 3 atom stereocenters. The van der Waals surface area contributed by atoms with Crippen LogP contribution in [0.25, 0.3) is 38.6 Å². The number of nitrogens with zero attached hydrogens (tertiary/aromatic N) is 2. The molecule has 52 heavy (non-hydrogen) atoms. The summed E-state index contributed by atoms with van der Waals surface area (Å²) in [5.74, 6) is 1.48. The molecule has 6 aromatic carbocycles. The first-order chi connectivity index (χ1) is 25.7. The van der Waals surface area contributed by atoms with E-state index in [0.717, 1.165) is 29.0 Å². The predicted octanol–water partition coefficient (Wildman–Crippen LogP) is 12.2. The van der Waals surface area contributed by atoms with Crippen molar-refractivity contribution in [3.05, 3.63) is 227 Å². The molecule has 0 bridgehead atoms. The van der Waals surface area contributed by atoms with E-state index in [0.29, 0.717) is 0 Å². The minimum Gasteiger partial charge on any atom is -0.296 e. The Bertz CT molecular complexity index is 2660. The normalized spacial score (nSPS) is 20.6. The SMILES string of the molecule is CC1(c2ccc3ccccc3c2)c2ccccc2C(c2ccccc2)=C2C=C(c3ccc(-n4c(C5C=CC=CC5)nc5ccccc54)cc3)C=CC21. The van der Waals surface area contributed by atoms with Crippen LogP contribution in [0.15, 0.2) is 194 Å². The number of rotatable bonds is 5. The fourth-order valence-corrected chi connectivity index (χ4v) is 8.91. The molecule has 0 aliphatic heterocycles. The van der Waals surface area contributed by atoms with Crippen molar-refractivity contribution in [1.29, 1.82) is 0 Å². The van der Waals surface area contributed by atoms with Crippen LogP contribution in [0.1, 0.15) is 52.9 Å². The number of allylic oxidation sites excluding steroid dienone is 9. The fraction of sp³-hybridized carbons (Fsp3) is 0.100. The first-order valence-electron chi connectivity index (χ1n) is 18.4. The van der Waals surface area contributed by atoms with Crippen molar-refractivity contribution in [3.8, 4) is 5.69 Å². The first-order valence-corrected chi connectivity index (χ1v) is 18.4. The molecule has 10 rings (SSSR count). The average molecular weight is 667 g/mol. The third-order valence-corrected chi connectivity index (χ3v) is 11.6. The zero-order valence-corrected chi connectivity index (χ0v) is 29.2. The van der Waals surface area contributed by atoms with Crippen molar-refractivity contribution in [2.45, 2.75) is 24.7 Å². The van der Waals surface area contributed by atoms with Gasteiger partial charge < -0.3 is 0 Å². The molecule has 3 unspecified atom stereocenters. The van der Waals surface area contributed by atoms with Gasteiger partial charge in [-0.2, -0.15) is 0 Å². The van der Waals surface area contributed by atoms with Crippen molar-refractivity contribution in [1.82, 2.24) is 9.55 Å². The predicted molar refractivity (Wildman–Crippen MR) is 217 cm³/mol. The van der Waals surface area contributed by atoms with E-state index in [-0.39, 0.29) is 17.3 Å². The molecule has 248 valence electrons. The number of hydrogen-bond donors (Lipinski definition) is 0. The highest BCUT2D eigenvalue weighted by atomic mass is 15.1. The first kappa shape index (κ1) is 30.6. The number of benzene rings is 6. The molecule has 0 amide bonds. The molecule has 7 aromatic rings. The molecule has 3 aliphatic carbocycles. The van der Waals surface area contributed by atoms with Crippen LogP contribution >= 0.6 is 0 Å². The molecule has 0 fully saturated rings. The average Bonchev–Trinajstić information content (AvgIpc) is 3.61. The van der Waals surface area contributed by atoms with Gasteiger partial charge in [-0.25, -0.2) is 4.98 Å². The molecule has 1 heterocycles. The summed E-state index contributed by atoms with van der Waals surface area (Å²) in [5, 5.41) is 2.55. The van der Waals surface area contributed by atoms with Gasteiger partial charge in [0, 0.05) is 22.9 Å². The Morgan fingerprint density at radius 1 is 0.673 bits per heavy atom. The molecule has 1 aromatic heterocycles. The van der Waals surface area contributed by atoms with Crippen molar-refractivity contribution >= 4 is 33.0 Å². The van der Waals surface area contributed by atoms with Gasteiger partial charge >= 0.3 is 0 Å². The second-order valence-corrected chi connectivity index (χ2v) is 14.4. The summed E-state index contributed by atoms with van der Waals surface area (Å²) in [5.41, 5.74) is 13.4. The highest BCUT2D eigenvalue weighted by Crippen LogP contribution is 2.55. The number of aromatic nitrogens is 2. The number of fused-ring (bicyclic) bond motifs is 4. The van der Waals surface area contributed by atoms with Crippen LogP contribution in [0.4, 0.5) is 0 Å². The second-order valence-electron chi connectivity index (χ2n) is 14.4. The molecule has 3 aliphatic rings. The van der Waals surface area contributed by atoms with Gasteiger partial charge in [0.15, 0.2) is 0 Å². The van der Waals surface area contributed by atoms with E-state index >= 15 is 0 Å². The maximum absolute atomic E-state index is 5.13. The second kappa shape index (κ2) is 12.2. The lowest BCUT2D eigenvalue weighted by molar-refractivity contribution is 0.463. The molecule has 2 nitrogen and oxygen atoms in total. The smallest absolute Gasteiger partial charge is 0.121 e. The lowest BCUT2D eigenvalue weighted by Gasteiger charge is -2.45. The van der Waals surface area contributed by atoms with Crippen LogP contribution in [0.5, 0.6) is 0 Å². The third kappa shape index (κ3) is 4.82. The van der Waals surface area contributed by atoms with Crippen LogP contribution in [0.3, 0.4) is 0 Å². The highest BCUT2D eigenvalue weighted by Gasteiger charge is 2.45. The quantitative estimate of drug-likeness (QED) is 0.179. The van der Waals surface area contributed by atoms with Gasteiger partial charge in [-0.1, -0.05) is 165 Å². The molecule has 0 saturated heterocycles. The van der Waals surface area contributed by atoms with Crippen LogP contribution in [0, 0.1) is 5.92 Å². The summed E-state index contributed by atoms with van der Waals surface area (Å²) in [6.45, 7) is 2.45. The maximum atomic E-state index is 5.13. The minimum atomic E-state index is -0.266. The lowest BCUT2D eigenvalue weighted by Crippen LogP contribution is -2.38. The van der Waals surface area contributed by atoms with Crippen LogP contribution < -0.4 is 0 Å². The molecular weight excluding hydrogens is 629 g/mol. The number of para-hydroxylation sites is 2. The summed E-state index contributed by atoms with van der Waals surface area (Å²) in [4.78, 5) is 5.13. The standard InChI is InChI=1S/C50H38N2/c1-50(40-28-24-34-14-8-9-19-38(34)32-40)44-21-11-10-20-42(44)48(36-15-4-2-5-16-36)43-33-39(27-31-45(43)50)35-25-29-41(30-26-35)52-47-23-13-12-22-46(47)51-49(52)37-17-6-3-7-18-37/h2-17,19-33,37,45H,18H2,1H3. The monoisotopic (exact) mass is 666 g/mol. The zero-order valence-electron chi connectivity index (χ0n) is 29.2. The Hall–Kier alpha value is -6.25. The van der Waals surface area contributed by atoms with E-state index in [2.05, 4.69) is 200 Å². The largest absolute Gasteiger partial charge is 0.296 e. The fourth-order valence-electron chi connectivity index (χ4n) is 8.91. The molecule has 0 saturated carbocycles. The van der Waals surface area contributed by atoms with E-state index in [1.807, 2.05) is 0 Å².